The van der Waals surface area contributed by atoms with Crippen molar-refractivity contribution in [2.75, 3.05) is 12.4 Å². The van der Waals surface area contributed by atoms with Crippen LogP contribution in [0, 0.1) is 5.82 Å². The topological polar surface area (TPSA) is 64.3 Å². The van der Waals surface area contributed by atoms with E-state index in [4.69, 9.17) is 9.84 Å². The number of aliphatic carboxylic acids is 1. The summed E-state index contributed by atoms with van der Waals surface area (Å²) >= 11 is 1.38. The van der Waals surface area contributed by atoms with Gasteiger partial charge in [0.25, 0.3) is 0 Å². The number of aromatic nitrogens is 2. The monoisotopic (exact) mass is 346 g/mol. The molecule has 5 nitrogen and oxygen atoms in total. The lowest BCUT2D eigenvalue weighted by atomic mass is 10.3. The molecule has 0 unspecified atom stereocenters. The molecule has 0 aliphatic rings. The van der Waals surface area contributed by atoms with Gasteiger partial charge in [-0.2, -0.15) is 0 Å². The highest BCUT2D eigenvalue weighted by molar-refractivity contribution is 7.99. The van der Waals surface area contributed by atoms with Gasteiger partial charge in [0.05, 0.1) is 17.6 Å². The summed E-state index contributed by atoms with van der Waals surface area (Å²) in [6.45, 7) is 0.239. The van der Waals surface area contributed by atoms with Gasteiger partial charge in [-0.25, -0.2) is 9.37 Å². The third-order valence-electron chi connectivity index (χ3n) is 3.30. The Bertz CT molecular complexity index is 852. The van der Waals surface area contributed by atoms with E-state index < -0.39 is 11.8 Å². The van der Waals surface area contributed by atoms with E-state index in [1.165, 1.54) is 23.9 Å². The Morgan fingerprint density at radius 3 is 2.79 bits per heavy atom. The molecule has 0 aliphatic heterocycles. The number of carboxylic acids is 1. The molecule has 0 aliphatic carbocycles. The maximum absolute atomic E-state index is 13.3. The van der Waals surface area contributed by atoms with Crippen molar-refractivity contribution in [1.82, 2.24) is 9.55 Å². The Kier molecular flexibility index (Phi) is 5.00. The van der Waals surface area contributed by atoms with Crippen molar-refractivity contribution in [3.8, 4) is 5.75 Å². The average Bonchev–Trinajstić information content (AvgIpc) is 2.89. The van der Waals surface area contributed by atoms with Gasteiger partial charge >= 0.3 is 5.97 Å². The summed E-state index contributed by atoms with van der Waals surface area (Å²) < 4.78 is 20.5. The van der Waals surface area contributed by atoms with Crippen molar-refractivity contribution >= 4 is 28.8 Å². The van der Waals surface area contributed by atoms with Gasteiger partial charge in [0.1, 0.15) is 18.1 Å². The van der Waals surface area contributed by atoms with Crippen molar-refractivity contribution in [3.63, 3.8) is 0 Å². The van der Waals surface area contributed by atoms with Gasteiger partial charge in [-0.15, -0.1) is 0 Å². The molecule has 0 bridgehead atoms. The third-order valence-corrected chi connectivity index (χ3v) is 4.24. The standard InChI is InChI=1S/C17H15FN2O3S/c18-12-6-7-15-14(10-12)19-17(20(15)11-16(21)22)24-9-8-23-13-4-2-1-3-5-13/h1-7,10H,8-9,11H2,(H,21,22). The van der Waals surface area contributed by atoms with E-state index in [0.717, 1.165) is 5.75 Å². The SMILES string of the molecule is O=C(O)Cn1c(SCCOc2ccccc2)nc2cc(F)ccc21. The molecule has 24 heavy (non-hydrogen) atoms. The molecule has 0 saturated carbocycles. The molecule has 1 aromatic heterocycles. The van der Waals surface area contributed by atoms with Crippen LogP contribution in [-0.2, 0) is 11.3 Å². The minimum Gasteiger partial charge on any atom is -0.493 e. The van der Waals surface area contributed by atoms with Crippen LogP contribution in [0.5, 0.6) is 5.75 Å². The summed E-state index contributed by atoms with van der Waals surface area (Å²) in [4.78, 5) is 15.4. The van der Waals surface area contributed by atoms with E-state index in [-0.39, 0.29) is 6.54 Å². The number of ether oxygens (including phenoxy) is 1. The fourth-order valence-electron chi connectivity index (χ4n) is 2.29. The van der Waals surface area contributed by atoms with Crippen LogP contribution in [-0.4, -0.2) is 33.0 Å². The van der Waals surface area contributed by atoms with E-state index in [2.05, 4.69) is 4.98 Å². The molecule has 0 amide bonds. The minimum absolute atomic E-state index is 0.218. The summed E-state index contributed by atoms with van der Waals surface area (Å²) in [5.74, 6) is 0.00648. The Hall–Kier alpha value is -2.54. The number of hydrogen-bond donors (Lipinski definition) is 1. The molecule has 2 aromatic carbocycles. The molecule has 3 aromatic rings. The Balaban J connectivity index is 1.71. The number of imidazole rings is 1. The molecule has 3 rings (SSSR count). The smallest absolute Gasteiger partial charge is 0.323 e. The van der Waals surface area contributed by atoms with Gasteiger partial charge < -0.3 is 14.4 Å². The fraction of sp³-hybridized carbons (Fsp3) is 0.176. The number of carboxylic acid groups (broad SMARTS) is 1. The first-order valence-corrected chi connectivity index (χ1v) is 8.30. The first kappa shape index (κ1) is 16.3. The average molecular weight is 346 g/mol. The van der Waals surface area contributed by atoms with Crippen LogP contribution in [0.2, 0.25) is 0 Å². The minimum atomic E-state index is -0.971. The summed E-state index contributed by atoms with van der Waals surface area (Å²) in [6, 6.07) is 13.6. The van der Waals surface area contributed by atoms with Crippen LogP contribution >= 0.6 is 11.8 Å². The second kappa shape index (κ2) is 7.35. The van der Waals surface area contributed by atoms with E-state index >= 15 is 0 Å². The van der Waals surface area contributed by atoms with E-state index in [1.807, 2.05) is 30.3 Å². The lowest BCUT2D eigenvalue weighted by molar-refractivity contribution is -0.137. The summed E-state index contributed by atoms with van der Waals surface area (Å²) in [5.41, 5.74) is 1.05. The molecule has 0 atom stereocenters. The van der Waals surface area contributed by atoms with Crippen molar-refractivity contribution in [2.45, 2.75) is 11.7 Å². The van der Waals surface area contributed by atoms with Crippen LogP contribution in [0.15, 0.2) is 53.7 Å². The van der Waals surface area contributed by atoms with Crippen LogP contribution in [0.1, 0.15) is 0 Å². The molecular formula is C17H15FN2O3S. The number of fused-ring (bicyclic) bond motifs is 1. The zero-order chi connectivity index (χ0) is 16.9. The molecule has 124 valence electrons. The van der Waals surface area contributed by atoms with Crippen molar-refractivity contribution in [1.29, 1.82) is 0 Å². The van der Waals surface area contributed by atoms with Crippen molar-refractivity contribution in [2.24, 2.45) is 0 Å². The molecule has 0 saturated heterocycles. The van der Waals surface area contributed by atoms with Crippen molar-refractivity contribution < 1.29 is 19.0 Å². The van der Waals surface area contributed by atoms with Crippen LogP contribution in [0.3, 0.4) is 0 Å². The van der Waals surface area contributed by atoms with Gasteiger partial charge in [-0.1, -0.05) is 30.0 Å². The number of halogens is 1. The zero-order valence-corrected chi connectivity index (χ0v) is 13.5. The molecule has 1 N–H and O–H groups in total. The Labute approximate surface area is 142 Å². The predicted molar refractivity (Wildman–Crippen MR) is 90.0 cm³/mol. The van der Waals surface area contributed by atoms with E-state index in [1.54, 1.807) is 10.6 Å². The Morgan fingerprint density at radius 2 is 2.04 bits per heavy atom. The van der Waals surface area contributed by atoms with E-state index in [9.17, 15) is 9.18 Å². The summed E-state index contributed by atoms with van der Waals surface area (Å²) in [7, 11) is 0. The number of hydrogen-bond acceptors (Lipinski definition) is 4. The number of rotatable bonds is 7. The number of benzene rings is 2. The first-order chi connectivity index (χ1) is 11.6. The molecule has 1 heterocycles. The zero-order valence-electron chi connectivity index (χ0n) is 12.7. The maximum atomic E-state index is 13.3. The number of nitrogens with zero attached hydrogens (tertiary/aromatic N) is 2. The lowest BCUT2D eigenvalue weighted by Gasteiger charge is -2.07. The van der Waals surface area contributed by atoms with Gasteiger partial charge in [0.2, 0.25) is 0 Å². The first-order valence-electron chi connectivity index (χ1n) is 7.32. The fourth-order valence-corrected chi connectivity index (χ4v) is 3.12. The number of thioether (sulfide) groups is 1. The largest absolute Gasteiger partial charge is 0.493 e. The highest BCUT2D eigenvalue weighted by Crippen LogP contribution is 2.25. The van der Waals surface area contributed by atoms with Gasteiger partial charge in [0.15, 0.2) is 5.16 Å². The third kappa shape index (κ3) is 3.86. The van der Waals surface area contributed by atoms with Crippen LogP contribution < -0.4 is 4.74 Å². The highest BCUT2D eigenvalue weighted by Gasteiger charge is 2.14. The van der Waals surface area contributed by atoms with Crippen LogP contribution in [0.4, 0.5) is 4.39 Å². The highest BCUT2D eigenvalue weighted by atomic mass is 32.2. The molecule has 0 spiro atoms. The van der Waals surface area contributed by atoms with Crippen LogP contribution in [0.25, 0.3) is 11.0 Å². The summed E-state index contributed by atoms with van der Waals surface area (Å²) in [5, 5.41) is 9.62. The molecular weight excluding hydrogens is 331 g/mol. The lowest BCUT2D eigenvalue weighted by Crippen LogP contribution is -2.10. The number of carbonyl (C=O) groups is 1. The molecule has 0 radical (unpaired) electrons. The molecule has 0 fully saturated rings. The number of para-hydroxylation sites is 1. The normalized spacial score (nSPS) is 10.9. The van der Waals surface area contributed by atoms with Crippen molar-refractivity contribution in [3.05, 3.63) is 54.3 Å². The summed E-state index contributed by atoms with van der Waals surface area (Å²) in [6.07, 6.45) is 0. The maximum Gasteiger partial charge on any atom is 0.323 e. The van der Waals surface area contributed by atoms with Gasteiger partial charge in [0, 0.05) is 11.8 Å². The predicted octanol–water partition coefficient (Wildman–Crippen LogP) is 3.43. The molecule has 7 heteroatoms. The van der Waals surface area contributed by atoms with Gasteiger partial charge in [-0.05, 0) is 24.3 Å². The Morgan fingerprint density at radius 1 is 1.25 bits per heavy atom. The quantitative estimate of drug-likeness (QED) is 0.524. The van der Waals surface area contributed by atoms with Gasteiger partial charge in [-0.3, -0.25) is 4.79 Å². The second-order valence-electron chi connectivity index (χ2n) is 5.02. The van der Waals surface area contributed by atoms with E-state index in [0.29, 0.717) is 28.5 Å². The second-order valence-corrected chi connectivity index (χ2v) is 6.08.